The minimum absolute atomic E-state index is 0.182. The second-order valence-corrected chi connectivity index (χ2v) is 6.86. The second kappa shape index (κ2) is 7.28. The van der Waals surface area contributed by atoms with Gasteiger partial charge in [-0.3, -0.25) is 14.4 Å². The summed E-state index contributed by atoms with van der Waals surface area (Å²) in [5, 5.41) is 22.2. The number of anilines is 2. The van der Waals surface area contributed by atoms with Crippen molar-refractivity contribution in [1.29, 1.82) is 5.26 Å². The van der Waals surface area contributed by atoms with E-state index in [4.69, 9.17) is 4.55 Å². The molecule has 136 valence electrons. The van der Waals surface area contributed by atoms with Crippen LogP contribution in [0.25, 0.3) is 10.9 Å². The van der Waals surface area contributed by atoms with Gasteiger partial charge in [0.05, 0.1) is 16.6 Å². The molecule has 0 atom stereocenters. The van der Waals surface area contributed by atoms with E-state index in [1.165, 1.54) is 18.3 Å². The molecule has 0 saturated carbocycles. The van der Waals surface area contributed by atoms with Gasteiger partial charge in [-0.2, -0.15) is 18.8 Å². The van der Waals surface area contributed by atoms with Crippen LogP contribution in [-0.4, -0.2) is 29.1 Å². The van der Waals surface area contributed by atoms with Crippen LogP contribution in [0.15, 0.2) is 65.3 Å². The topological polar surface area (TPSA) is 148 Å². The number of nitriles is 1. The maximum atomic E-state index is 12.2. The molecule has 10 heteroatoms. The number of H-pyrrole nitrogens is 1. The van der Waals surface area contributed by atoms with Crippen LogP contribution >= 0.6 is 0 Å². The van der Waals surface area contributed by atoms with E-state index in [2.05, 4.69) is 20.8 Å². The number of nitrogens with zero attached hydrogens (tertiary/aromatic N) is 2. The fraction of sp³-hybridized carbons (Fsp3) is 0. The average Bonchev–Trinajstić information content (AvgIpc) is 3.09. The third-order valence-electron chi connectivity index (χ3n) is 3.60. The number of benzene rings is 2. The van der Waals surface area contributed by atoms with Crippen LogP contribution in [-0.2, 0) is 14.9 Å². The molecule has 1 aromatic heterocycles. The Morgan fingerprint density at radius 1 is 1.19 bits per heavy atom. The third-order valence-corrected chi connectivity index (χ3v) is 4.47. The van der Waals surface area contributed by atoms with Crippen molar-refractivity contribution in [3.8, 4) is 6.07 Å². The zero-order valence-electron chi connectivity index (χ0n) is 13.7. The Balaban J connectivity index is 1.71. The van der Waals surface area contributed by atoms with Gasteiger partial charge < -0.3 is 10.6 Å². The number of aromatic nitrogens is 2. The number of carbonyl (C=O) groups excluding carboxylic acids is 1. The lowest BCUT2D eigenvalue weighted by molar-refractivity contribution is -0.112. The number of hydrogen-bond acceptors (Lipinski definition) is 6. The van der Waals surface area contributed by atoms with Crippen molar-refractivity contribution in [1.82, 2.24) is 10.2 Å². The molecular formula is C17H13N5O4S. The Bertz CT molecular complexity index is 1170. The number of carbonyl (C=O) groups is 1. The highest BCUT2D eigenvalue weighted by molar-refractivity contribution is 7.85. The Morgan fingerprint density at radius 3 is 2.56 bits per heavy atom. The van der Waals surface area contributed by atoms with E-state index in [1.54, 1.807) is 24.4 Å². The summed E-state index contributed by atoms with van der Waals surface area (Å²) in [4.78, 5) is 11.9. The monoisotopic (exact) mass is 383 g/mol. The fourth-order valence-electron chi connectivity index (χ4n) is 2.24. The molecule has 3 aromatic rings. The lowest BCUT2D eigenvalue weighted by Gasteiger charge is -2.06. The standard InChI is InChI=1S/C17H13N5O4S/c18-8-12(9-19-14-2-1-11-10-20-22-16(11)7-14)17(23)21-13-3-5-15(6-4-13)27(24,25)26/h1-7,9-10,19H,(H,20,22)(H,21,23)(H,24,25,26)/b12-9-. The van der Waals surface area contributed by atoms with Crippen LogP contribution in [0, 0.1) is 11.3 Å². The van der Waals surface area contributed by atoms with Crippen molar-refractivity contribution in [2.75, 3.05) is 10.6 Å². The van der Waals surface area contributed by atoms with Crippen molar-refractivity contribution in [2.24, 2.45) is 0 Å². The highest BCUT2D eigenvalue weighted by Crippen LogP contribution is 2.17. The van der Waals surface area contributed by atoms with E-state index in [0.29, 0.717) is 5.69 Å². The predicted molar refractivity (Wildman–Crippen MR) is 98.3 cm³/mol. The zero-order chi connectivity index (χ0) is 19.4. The second-order valence-electron chi connectivity index (χ2n) is 5.44. The van der Waals surface area contributed by atoms with Gasteiger partial charge in [-0.15, -0.1) is 0 Å². The molecule has 0 radical (unpaired) electrons. The minimum Gasteiger partial charge on any atom is -0.360 e. The molecule has 0 aliphatic carbocycles. The molecular weight excluding hydrogens is 370 g/mol. The minimum atomic E-state index is -4.31. The highest BCUT2D eigenvalue weighted by Gasteiger charge is 2.12. The van der Waals surface area contributed by atoms with Crippen molar-refractivity contribution >= 4 is 38.3 Å². The van der Waals surface area contributed by atoms with Crippen LogP contribution < -0.4 is 10.6 Å². The molecule has 9 nitrogen and oxygen atoms in total. The van der Waals surface area contributed by atoms with E-state index < -0.39 is 16.0 Å². The van der Waals surface area contributed by atoms with Gasteiger partial charge in [0.2, 0.25) is 0 Å². The summed E-state index contributed by atoms with van der Waals surface area (Å²) in [5.74, 6) is -0.674. The molecule has 0 saturated heterocycles. The van der Waals surface area contributed by atoms with Gasteiger partial charge in [0, 0.05) is 23.0 Å². The molecule has 0 unspecified atom stereocenters. The summed E-state index contributed by atoms with van der Waals surface area (Å²) in [5.41, 5.74) is 1.55. The maximum Gasteiger partial charge on any atom is 0.294 e. The molecule has 0 aliphatic heterocycles. The van der Waals surface area contributed by atoms with Gasteiger partial charge in [0.15, 0.2) is 0 Å². The van der Waals surface area contributed by atoms with Crippen molar-refractivity contribution in [2.45, 2.75) is 4.90 Å². The SMILES string of the molecule is N#C/C(=C/Nc1ccc2cn[nH]c2c1)C(=O)Nc1ccc(S(=O)(=O)O)cc1. The van der Waals surface area contributed by atoms with Gasteiger partial charge in [-0.25, -0.2) is 0 Å². The number of aromatic amines is 1. The van der Waals surface area contributed by atoms with E-state index in [0.717, 1.165) is 23.0 Å². The molecule has 3 rings (SSSR count). The number of nitrogens with one attached hydrogen (secondary N) is 3. The van der Waals surface area contributed by atoms with Crippen LogP contribution in [0.2, 0.25) is 0 Å². The molecule has 2 aromatic carbocycles. The highest BCUT2D eigenvalue weighted by atomic mass is 32.2. The molecule has 1 heterocycles. The summed E-state index contributed by atoms with van der Waals surface area (Å²) in [6.07, 6.45) is 2.94. The molecule has 1 amide bonds. The first-order chi connectivity index (χ1) is 12.9. The van der Waals surface area contributed by atoms with Gasteiger partial charge in [0.25, 0.3) is 16.0 Å². The molecule has 27 heavy (non-hydrogen) atoms. The molecule has 0 aliphatic rings. The first-order valence-electron chi connectivity index (χ1n) is 7.55. The van der Waals surface area contributed by atoms with Crippen LogP contribution in [0.3, 0.4) is 0 Å². The molecule has 4 N–H and O–H groups in total. The first-order valence-corrected chi connectivity index (χ1v) is 9.00. The normalized spacial score (nSPS) is 11.8. The Labute approximate surface area is 154 Å². The van der Waals surface area contributed by atoms with Gasteiger partial charge in [0.1, 0.15) is 11.6 Å². The smallest absolute Gasteiger partial charge is 0.294 e. The summed E-state index contributed by atoms with van der Waals surface area (Å²) in [7, 11) is -4.31. The van der Waals surface area contributed by atoms with Gasteiger partial charge >= 0.3 is 0 Å². The predicted octanol–water partition coefficient (Wildman–Crippen LogP) is 2.27. The molecule has 0 fully saturated rings. The first kappa shape index (κ1) is 18.1. The summed E-state index contributed by atoms with van der Waals surface area (Å²) < 4.78 is 31.0. The van der Waals surface area contributed by atoms with Crippen molar-refractivity contribution in [3.63, 3.8) is 0 Å². The molecule has 0 spiro atoms. The van der Waals surface area contributed by atoms with Crippen molar-refractivity contribution in [3.05, 3.63) is 60.4 Å². The quantitative estimate of drug-likeness (QED) is 0.300. The van der Waals surface area contributed by atoms with Crippen LogP contribution in [0.4, 0.5) is 11.4 Å². The third kappa shape index (κ3) is 4.30. The summed E-state index contributed by atoms with van der Waals surface area (Å²) >= 11 is 0. The van der Waals surface area contributed by atoms with E-state index in [1.807, 2.05) is 6.07 Å². The summed E-state index contributed by atoms with van der Waals surface area (Å²) in [6, 6.07) is 12.0. The van der Waals surface area contributed by atoms with Gasteiger partial charge in [-0.1, -0.05) is 0 Å². The lowest BCUT2D eigenvalue weighted by atomic mass is 10.2. The Morgan fingerprint density at radius 2 is 1.89 bits per heavy atom. The van der Waals surface area contributed by atoms with Crippen LogP contribution in [0.5, 0.6) is 0 Å². The van der Waals surface area contributed by atoms with E-state index in [-0.39, 0.29) is 16.2 Å². The average molecular weight is 383 g/mol. The largest absolute Gasteiger partial charge is 0.360 e. The Kier molecular flexibility index (Phi) is 4.89. The Hall–Kier alpha value is -3.68. The molecule has 0 bridgehead atoms. The zero-order valence-corrected chi connectivity index (χ0v) is 14.5. The number of amides is 1. The van der Waals surface area contributed by atoms with E-state index in [9.17, 15) is 18.5 Å². The maximum absolute atomic E-state index is 12.2. The van der Waals surface area contributed by atoms with Gasteiger partial charge in [-0.05, 0) is 42.5 Å². The van der Waals surface area contributed by atoms with Crippen LogP contribution in [0.1, 0.15) is 0 Å². The number of hydrogen-bond donors (Lipinski definition) is 4. The number of rotatable bonds is 5. The lowest BCUT2D eigenvalue weighted by Crippen LogP contribution is -2.14. The number of fused-ring (bicyclic) bond motifs is 1. The summed E-state index contributed by atoms with van der Waals surface area (Å²) in [6.45, 7) is 0. The van der Waals surface area contributed by atoms with E-state index >= 15 is 0 Å². The fourth-order valence-corrected chi connectivity index (χ4v) is 2.72. The van der Waals surface area contributed by atoms with Crippen molar-refractivity contribution < 1.29 is 17.8 Å².